The van der Waals surface area contributed by atoms with Crippen molar-refractivity contribution < 1.29 is 14.6 Å². The molecule has 1 aromatic rings. The Hall–Kier alpha value is -2.13. The van der Waals surface area contributed by atoms with Crippen molar-refractivity contribution in [3.8, 4) is 6.07 Å². The Balaban J connectivity index is 2.75. The molecule has 16 heavy (non-hydrogen) atoms. The number of nitrogens with zero attached hydrogens (tertiary/aromatic N) is 2. The number of nitriles is 1. The van der Waals surface area contributed by atoms with Crippen molar-refractivity contribution in [3.05, 3.63) is 22.4 Å². The van der Waals surface area contributed by atoms with Gasteiger partial charge in [-0.1, -0.05) is 0 Å². The van der Waals surface area contributed by atoms with Gasteiger partial charge in [-0.05, 0) is 12.0 Å². The average Bonchev–Trinajstić information content (AvgIpc) is 2.26. The molecule has 3 N–H and O–H groups in total. The summed E-state index contributed by atoms with van der Waals surface area (Å²) in [7, 11) is 0. The number of hydrogen-bond acceptors (Lipinski definition) is 5. The van der Waals surface area contributed by atoms with E-state index in [1.54, 1.807) is 6.07 Å². The molecule has 0 saturated carbocycles. The van der Waals surface area contributed by atoms with E-state index in [0.29, 0.717) is 24.3 Å². The molecule has 1 aromatic heterocycles. The van der Waals surface area contributed by atoms with Crippen molar-refractivity contribution in [1.29, 1.82) is 5.26 Å². The molecule has 0 saturated heterocycles. The molecule has 0 spiro atoms. The minimum absolute atomic E-state index is 0.0340. The molecule has 6 nitrogen and oxygen atoms in total. The topological polar surface area (TPSA) is 109 Å². The Bertz CT molecular complexity index is 505. The van der Waals surface area contributed by atoms with Gasteiger partial charge in [0.2, 0.25) is 0 Å². The van der Waals surface area contributed by atoms with E-state index in [-0.39, 0.29) is 23.6 Å². The van der Waals surface area contributed by atoms with Gasteiger partial charge in [-0.2, -0.15) is 5.26 Å². The molecule has 0 amide bonds. The number of aromatic nitrogens is 1. The number of carboxylic acids is 1. The molecule has 1 aliphatic heterocycles. The number of hydrogen-bond donors (Lipinski definition) is 2. The molecule has 6 heteroatoms. The van der Waals surface area contributed by atoms with E-state index in [0.717, 1.165) is 0 Å². The second-order valence-electron chi connectivity index (χ2n) is 3.39. The first-order chi connectivity index (χ1) is 7.65. The highest BCUT2D eigenvalue weighted by atomic mass is 16.5. The van der Waals surface area contributed by atoms with Crippen LogP contribution >= 0.6 is 0 Å². The highest BCUT2D eigenvalue weighted by Gasteiger charge is 2.25. The van der Waals surface area contributed by atoms with E-state index in [4.69, 9.17) is 20.8 Å². The molecule has 0 fully saturated rings. The normalized spacial score (nSPS) is 13.9. The minimum atomic E-state index is -1.15. The summed E-state index contributed by atoms with van der Waals surface area (Å²) >= 11 is 0. The van der Waals surface area contributed by atoms with Crippen molar-refractivity contribution in [1.82, 2.24) is 4.98 Å². The van der Waals surface area contributed by atoms with Gasteiger partial charge in [0.25, 0.3) is 0 Å². The lowest BCUT2D eigenvalue weighted by molar-refractivity contribution is 0.0689. The number of ether oxygens (including phenoxy) is 1. The highest BCUT2D eigenvalue weighted by molar-refractivity contribution is 5.94. The summed E-state index contributed by atoms with van der Waals surface area (Å²) in [5, 5.41) is 18.0. The number of pyridine rings is 1. The SMILES string of the molecule is N#Cc1c(N)nc2c(c1C(=O)O)CCOC2. The van der Waals surface area contributed by atoms with Crippen LogP contribution in [0.15, 0.2) is 0 Å². The number of anilines is 1. The Kier molecular flexibility index (Phi) is 2.46. The van der Waals surface area contributed by atoms with Crippen LogP contribution in [0, 0.1) is 11.3 Å². The summed E-state index contributed by atoms with van der Waals surface area (Å²) in [4.78, 5) is 15.1. The van der Waals surface area contributed by atoms with Crippen molar-refractivity contribution in [3.63, 3.8) is 0 Å². The van der Waals surface area contributed by atoms with Gasteiger partial charge >= 0.3 is 5.97 Å². The molecule has 82 valence electrons. The molecule has 2 rings (SSSR count). The maximum Gasteiger partial charge on any atom is 0.337 e. The first kappa shape index (κ1) is 10.4. The van der Waals surface area contributed by atoms with Gasteiger partial charge in [0, 0.05) is 0 Å². The van der Waals surface area contributed by atoms with E-state index in [1.165, 1.54) is 0 Å². The monoisotopic (exact) mass is 219 g/mol. The Morgan fingerprint density at radius 2 is 2.38 bits per heavy atom. The maximum atomic E-state index is 11.1. The van der Waals surface area contributed by atoms with Crippen molar-refractivity contribution >= 4 is 11.8 Å². The van der Waals surface area contributed by atoms with Crippen LogP contribution in [0.1, 0.15) is 27.2 Å². The molecule has 0 atom stereocenters. The Morgan fingerprint density at radius 3 is 3.00 bits per heavy atom. The summed E-state index contributed by atoms with van der Waals surface area (Å²) in [5.74, 6) is -1.20. The molecule has 0 unspecified atom stereocenters. The molecular formula is C10H9N3O3. The number of rotatable bonds is 1. The Morgan fingerprint density at radius 1 is 1.62 bits per heavy atom. The molecule has 2 heterocycles. The lowest BCUT2D eigenvalue weighted by Crippen LogP contribution is -2.19. The number of nitrogens with two attached hydrogens (primary N) is 1. The summed E-state index contributed by atoms with van der Waals surface area (Å²) in [6, 6.07) is 1.79. The van der Waals surface area contributed by atoms with E-state index in [2.05, 4.69) is 4.98 Å². The third kappa shape index (κ3) is 1.47. The molecule has 1 aliphatic rings. The zero-order valence-corrected chi connectivity index (χ0v) is 8.36. The van der Waals surface area contributed by atoms with E-state index in [9.17, 15) is 4.79 Å². The molecule has 0 radical (unpaired) electrons. The van der Waals surface area contributed by atoms with Crippen LogP contribution in [-0.4, -0.2) is 22.7 Å². The van der Waals surface area contributed by atoms with Crippen LogP contribution in [0.25, 0.3) is 0 Å². The van der Waals surface area contributed by atoms with Gasteiger partial charge in [0.1, 0.15) is 17.5 Å². The summed E-state index contributed by atoms with van der Waals surface area (Å²) in [5.41, 5.74) is 6.52. The summed E-state index contributed by atoms with van der Waals surface area (Å²) in [6.07, 6.45) is 0.443. The smallest absolute Gasteiger partial charge is 0.337 e. The second kappa shape index (κ2) is 3.79. The predicted molar refractivity (Wildman–Crippen MR) is 53.7 cm³/mol. The summed E-state index contributed by atoms with van der Waals surface area (Å²) in [6.45, 7) is 0.676. The zero-order chi connectivity index (χ0) is 11.7. The van der Waals surface area contributed by atoms with Gasteiger partial charge in [-0.15, -0.1) is 0 Å². The molecular weight excluding hydrogens is 210 g/mol. The van der Waals surface area contributed by atoms with Crippen LogP contribution < -0.4 is 5.73 Å². The van der Waals surface area contributed by atoms with Crippen LogP contribution in [0.4, 0.5) is 5.82 Å². The fourth-order valence-electron chi connectivity index (χ4n) is 1.77. The quantitative estimate of drug-likeness (QED) is 0.703. The molecule has 0 bridgehead atoms. The van der Waals surface area contributed by atoms with Crippen LogP contribution in [0.2, 0.25) is 0 Å². The van der Waals surface area contributed by atoms with Crippen molar-refractivity contribution in [2.45, 2.75) is 13.0 Å². The van der Waals surface area contributed by atoms with Gasteiger partial charge in [-0.25, -0.2) is 9.78 Å². The number of carbonyl (C=O) groups is 1. The van der Waals surface area contributed by atoms with E-state index >= 15 is 0 Å². The third-order valence-electron chi connectivity index (χ3n) is 2.47. The number of nitrogen functional groups attached to an aromatic ring is 1. The number of carboxylic acid groups (broad SMARTS) is 1. The molecule has 0 aliphatic carbocycles. The molecule has 0 aromatic carbocycles. The standard InChI is InChI=1S/C10H9N3O3/c11-3-6-8(10(14)15)5-1-2-16-4-7(5)13-9(6)12/h1-2,4H2,(H2,12,13)(H,14,15). The zero-order valence-electron chi connectivity index (χ0n) is 8.36. The fourth-order valence-corrected chi connectivity index (χ4v) is 1.77. The lowest BCUT2D eigenvalue weighted by atomic mass is 9.97. The summed E-state index contributed by atoms with van der Waals surface area (Å²) < 4.78 is 5.17. The first-order valence-corrected chi connectivity index (χ1v) is 4.67. The van der Waals surface area contributed by atoms with Crippen LogP contribution in [-0.2, 0) is 17.8 Å². The van der Waals surface area contributed by atoms with Crippen LogP contribution in [0.5, 0.6) is 0 Å². The van der Waals surface area contributed by atoms with E-state index in [1.807, 2.05) is 0 Å². The van der Waals surface area contributed by atoms with Crippen molar-refractivity contribution in [2.24, 2.45) is 0 Å². The average molecular weight is 219 g/mol. The largest absolute Gasteiger partial charge is 0.478 e. The van der Waals surface area contributed by atoms with Gasteiger partial charge in [0.05, 0.1) is 24.5 Å². The minimum Gasteiger partial charge on any atom is -0.478 e. The van der Waals surface area contributed by atoms with E-state index < -0.39 is 5.97 Å². The van der Waals surface area contributed by atoms with Gasteiger partial charge < -0.3 is 15.6 Å². The second-order valence-corrected chi connectivity index (χ2v) is 3.39. The number of aromatic carboxylic acids is 1. The highest BCUT2D eigenvalue weighted by Crippen LogP contribution is 2.25. The number of fused-ring (bicyclic) bond motifs is 1. The Labute approximate surface area is 91.3 Å². The third-order valence-corrected chi connectivity index (χ3v) is 2.47. The predicted octanol–water partition coefficient (Wildman–Crippen LogP) is 0.306. The lowest BCUT2D eigenvalue weighted by Gasteiger charge is -2.18. The maximum absolute atomic E-state index is 11.1. The van der Waals surface area contributed by atoms with Crippen molar-refractivity contribution in [2.75, 3.05) is 12.3 Å². The van der Waals surface area contributed by atoms with Gasteiger partial charge in [0.15, 0.2) is 0 Å². The first-order valence-electron chi connectivity index (χ1n) is 4.67. The van der Waals surface area contributed by atoms with Crippen LogP contribution in [0.3, 0.4) is 0 Å². The van der Waals surface area contributed by atoms with Gasteiger partial charge in [-0.3, -0.25) is 0 Å². The fraction of sp³-hybridized carbons (Fsp3) is 0.300.